The Kier molecular flexibility index (Phi) is 10.7. The lowest BCUT2D eigenvalue weighted by Gasteiger charge is -2.30. The van der Waals surface area contributed by atoms with Gasteiger partial charge in [0, 0.05) is 6.26 Å². The van der Waals surface area contributed by atoms with Gasteiger partial charge in [-0.05, 0) is 42.7 Å². The minimum Gasteiger partial charge on any atom is -0.481 e. The van der Waals surface area contributed by atoms with E-state index in [2.05, 4.69) is 5.43 Å². The van der Waals surface area contributed by atoms with E-state index in [0.717, 1.165) is 11.8 Å². The predicted molar refractivity (Wildman–Crippen MR) is 144 cm³/mol. The third-order valence-electron chi connectivity index (χ3n) is 5.70. The number of hydrogen-bond donors (Lipinski definition) is 5. The molecule has 2 aromatic rings. The molecule has 4 amide bonds. The van der Waals surface area contributed by atoms with Crippen LogP contribution in [0.2, 0.25) is 0 Å². The Balaban J connectivity index is 2.26. The number of carboxylic acids is 2. The first-order valence-electron chi connectivity index (χ1n) is 11.8. The highest BCUT2D eigenvalue weighted by atomic mass is 32.2. The monoisotopic (exact) mass is 577 g/mol. The fraction of sp³-hybridized carbons (Fsp3) is 0.320. The molecule has 15 heteroatoms. The maximum Gasteiger partial charge on any atom is 0.329 e. The van der Waals surface area contributed by atoms with Gasteiger partial charge in [0.05, 0.1) is 36.0 Å². The third kappa shape index (κ3) is 9.06. The fourth-order valence-corrected chi connectivity index (χ4v) is 4.39. The molecule has 0 bridgehead atoms. The average Bonchev–Trinajstić information content (AvgIpc) is 2.85. The van der Waals surface area contributed by atoms with Crippen molar-refractivity contribution >= 4 is 51.0 Å². The Morgan fingerprint density at radius 1 is 1.00 bits per heavy atom. The number of benzene rings is 2. The molecule has 2 rings (SSSR count). The molecule has 0 aliphatic carbocycles. The summed E-state index contributed by atoms with van der Waals surface area (Å²) in [7, 11) is -3.51. The first-order valence-corrected chi connectivity index (χ1v) is 13.9. The summed E-state index contributed by atoms with van der Waals surface area (Å²) in [6.07, 6.45) is -0.898. The highest BCUT2D eigenvalue weighted by Gasteiger charge is 2.36. The van der Waals surface area contributed by atoms with Crippen molar-refractivity contribution in [2.24, 2.45) is 11.5 Å². The van der Waals surface area contributed by atoms with Crippen molar-refractivity contribution in [3.05, 3.63) is 59.7 Å². The molecule has 0 unspecified atom stereocenters. The van der Waals surface area contributed by atoms with Crippen molar-refractivity contribution in [1.82, 2.24) is 10.4 Å². The Labute approximate surface area is 230 Å². The van der Waals surface area contributed by atoms with Crippen LogP contribution in [0.3, 0.4) is 0 Å². The average molecular weight is 578 g/mol. The van der Waals surface area contributed by atoms with Gasteiger partial charge in [-0.1, -0.05) is 30.3 Å². The molecule has 7 N–H and O–H groups in total. The molecular weight excluding hydrogens is 546 g/mol. The van der Waals surface area contributed by atoms with Gasteiger partial charge in [0.2, 0.25) is 5.91 Å². The zero-order valence-electron chi connectivity index (χ0n) is 21.8. The number of sulfone groups is 1. The lowest BCUT2D eigenvalue weighted by molar-refractivity contribution is -0.160. The molecule has 2 atom stereocenters. The summed E-state index contributed by atoms with van der Waals surface area (Å²) in [5.41, 5.74) is 15.6. The summed E-state index contributed by atoms with van der Waals surface area (Å²) in [4.78, 5) is 62.2. The number of nitrogens with one attached hydrogen (secondary N) is 1. The van der Waals surface area contributed by atoms with E-state index in [1.165, 1.54) is 29.2 Å². The number of urea groups is 1. The van der Waals surface area contributed by atoms with Gasteiger partial charge in [-0.25, -0.2) is 23.0 Å². The van der Waals surface area contributed by atoms with Crippen LogP contribution in [0.4, 0.5) is 16.2 Å². The van der Waals surface area contributed by atoms with Crippen LogP contribution < -0.4 is 21.8 Å². The van der Waals surface area contributed by atoms with E-state index in [4.69, 9.17) is 16.6 Å². The molecule has 216 valence electrons. The number of carbonyl (C=O) groups excluding carboxylic acids is 3. The molecule has 40 heavy (non-hydrogen) atoms. The Morgan fingerprint density at radius 2 is 1.60 bits per heavy atom. The van der Waals surface area contributed by atoms with Gasteiger partial charge in [-0.2, -0.15) is 0 Å². The molecule has 2 aromatic carbocycles. The fourth-order valence-electron chi connectivity index (χ4n) is 3.71. The second-order valence-electron chi connectivity index (χ2n) is 9.02. The Hall–Kier alpha value is -4.50. The molecule has 0 radical (unpaired) electrons. The molecule has 0 spiro atoms. The number of hydrogen-bond acceptors (Lipinski definition) is 8. The van der Waals surface area contributed by atoms with Gasteiger partial charge in [0.25, 0.3) is 5.91 Å². The van der Waals surface area contributed by atoms with Crippen LogP contribution in [0.1, 0.15) is 24.0 Å². The lowest BCUT2D eigenvalue weighted by Crippen LogP contribution is -2.60. The van der Waals surface area contributed by atoms with Gasteiger partial charge in [0.1, 0.15) is 9.84 Å². The summed E-state index contributed by atoms with van der Waals surface area (Å²) < 4.78 is 22.9. The summed E-state index contributed by atoms with van der Waals surface area (Å²) in [5, 5.41) is 19.0. The van der Waals surface area contributed by atoms with Gasteiger partial charge in [-0.3, -0.25) is 24.7 Å². The number of para-hydroxylation sites is 1. The van der Waals surface area contributed by atoms with E-state index >= 15 is 0 Å². The summed E-state index contributed by atoms with van der Waals surface area (Å²) in [6, 6.07) is 8.87. The highest BCUT2D eigenvalue weighted by Crippen LogP contribution is 2.28. The molecule has 0 aliphatic rings. The molecular formula is C25H31N5O9S. The van der Waals surface area contributed by atoms with Crippen molar-refractivity contribution in [2.45, 2.75) is 38.3 Å². The number of carbonyl (C=O) groups is 5. The van der Waals surface area contributed by atoms with E-state index in [1.807, 2.05) is 0 Å². The number of primary amides is 1. The van der Waals surface area contributed by atoms with Gasteiger partial charge in [-0.15, -0.1) is 0 Å². The maximum absolute atomic E-state index is 12.9. The highest BCUT2D eigenvalue weighted by molar-refractivity contribution is 7.90. The summed E-state index contributed by atoms with van der Waals surface area (Å²) in [6.45, 7) is 1.80. The molecule has 14 nitrogen and oxygen atoms in total. The van der Waals surface area contributed by atoms with Crippen molar-refractivity contribution in [3.8, 4) is 0 Å². The number of anilines is 2. The Morgan fingerprint density at radius 3 is 2.10 bits per heavy atom. The van der Waals surface area contributed by atoms with Crippen LogP contribution in [-0.4, -0.2) is 77.5 Å². The van der Waals surface area contributed by atoms with Crippen LogP contribution in [0.25, 0.3) is 0 Å². The van der Waals surface area contributed by atoms with Crippen LogP contribution >= 0.6 is 0 Å². The molecule has 0 aliphatic heterocycles. The van der Waals surface area contributed by atoms with Crippen molar-refractivity contribution in [1.29, 1.82) is 0 Å². The van der Waals surface area contributed by atoms with E-state index in [0.29, 0.717) is 21.9 Å². The Bertz CT molecular complexity index is 1380. The van der Waals surface area contributed by atoms with Crippen molar-refractivity contribution in [2.75, 3.05) is 16.9 Å². The molecule has 0 saturated heterocycles. The number of hydrazine groups is 1. The molecule has 0 fully saturated rings. The molecule has 0 heterocycles. The SMILES string of the molecule is Cc1ccccc1N(C(N)=O)c1ccc(CC(=O)NN(C(=O)[C@@H](N)CCS(C)(=O)=O)[C@@H](CC(=O)O)C(=O)O)cc1. The second kappa shape index (κ2) is 13.5. The first kappa shape index (κ1) is 31.7. The van der Waals surface area contributed by atoms with Crippen molar-refractivity contribution in [3.63, 3.8) is 0 Å². The number of carboxylic acid groups (broad SMARTS) is 2. The maximum atomic E-state index is 12.9. The summed E-state index contributed by atoms with van der Waals surface area (Å²) >= 11 is 0. The summed E-state index contributed by atoms with van der Waals surface area (Å²) in [5.74, 6) is -5.82. The van der Waals surface area contributed by atoms with E-state index in [9.17, 15) is 37.5 Å². The molecule has 0 aromatic heterocycles. The normalized spacial score (nSPS) is 12.6. The van der Waals surface area contributed by atoms with Crippen molar-refractivity contribution < 1.29 is 42.6 Å². The number of aryl methyl sites for hydroxylation is 1. The van der Waals surface area contributed by atoms with Gasteiger partial charge in [0.15, 0.2) is 6.04 Å². The van der Waals surface area contributed by atoms with E-state index < -0.39 is 63.9 Å². The number of nitrogens with two attached hydrogens (primary N) is 2. The van der Waals surface area contributed by atoms with E-state index in [1.54, 1.807) is 31.2 Å². The quantitative estimate of drug-likeness (QED) is 0.217. The number of nitrogens with zero attached hydrogens (tertiary/aromatic N) is 2. The predicted octanol–water partition coefficient (Wildman–Crippen LogP) is 0.304. The lowest BCUT2D eigenvalue weighted by atomic mass is 10.1. The van der Waals surface area contributed by atoms with Crippen LogP contribution in [0.15, 0.2) is 48.5 Å². The van der Waals surface area contributed by atoms with Crippen LogP contribution in [0, 0.1) is 6.92 Å². The number of amides is 4. The first-order chi connectivity index (χ1) is 18.6. The molecule has 0 saturated carbocycles. The zero-order chi connectivity index (χ0) is 30.2. The number of aliphatic carboxylic acids is 2. The van der Waals surface area contributed by atoms with Gasteiger partial charge >= 0.3 is 18.0 Å². The zero-order valence-corrected chi connectivity index (χ0v) is 22.6. The standard InChI is InChI=1S/C25H31N5O9S/c1-15-5-3-4-6-19(15)29(25(27)37)17-9-7-16(8-10-17)13-21(31)28-30(20(24(35)36)14-22(32)33)23(34)18(26)11-12-40(2,38)39/h3-10,18,20H,11-14,26H2,1-2H3,(H2,27,37)(H,28,31)(H,32,33)(H,35,36)/t18-,20-/m0/s1. The van der Waals surface area contributed by atoms with E-state index in [-0.39, 0.29) is 12.8 Å². The van der Waals surface area contributed by atoms with Crippen LogP contribution in [0.5, 0.6) is 0 Å². The number of rotatable bonds is 12. The van der Waals surface area contributed by atoms with Gasteiger partial charge < -0.3 is 21.7 Å². The second-order valence-corrected chi connectivity index (χ2v) is 11.3. The minimum absolute atomic E-state index is 0.313. The largest absolute Gasteiger partial charge is 0.481 e. The minimum atomic E-state index is -3.51. The van der Waals surface area contributed by atoms with Crippen LogP contribution in [-0.2, 0) is 35.4 Å². The topological polar surface area (TPSA) is 230 Å². The smallest absolute Gasteiger partial charge is 0.329 e. The third-order valence-corrected chi connectivity index (χ3v) is 6.68.